The first kappa shape index (κ1) is 20.3. The molecule has 1 heterocycles. The fraction of sp³-hybridized carbons (Fsp3) is 0.267. The van der Waals surface area contributed by atoms with E-state index in [1.165, 1.54) is 5.56 Å². The molecular formula is C15H21Br2N3S. The van der Waals surface area contributed by atoms with Gasteiger partial charge >= 0.3 is 0 Å². The van der Waals surface area contributed by atoms with Crippen LogP contribution in [-0.2, 0) is 6.42 Å². The second-order valence-corrected chi connectivity index (χ2v) is 5.68. The Morgan fingerprint density at radius 1 is 1.19 bits per heavy atom. The van der Waals surface area contributed by atoms with E-state index in [2.05, 4.69) is 36.4 Å². The maximum absolute atomic E-state index is 8.02. The van der Waals surface area contributed by atoms with Crippen LogP contribution in [0.5, 0.6) is 0 Å². The first-order chi connectivity index (χ1) is 9.15. The lowest BCUT2D eigenvalue weighted by molar-refractivity contribution is 0.413. The third kappa shape index (κ3) is 6.74. The number of halogens is 2. The van der Waals surface area contributed by atoms with Crippen LogP contribution in [0.1, 0.15) is 10.4 Å². The van der Waals surface area contributed by atoms with Crippen molar-refractivity contribution in [1.29, 1.82) is 5.41 Å². The van der Waals surface area contributed by atoms with Crippen molar-refractivity contribution in [1.82, 2.24) is 4.90 Å². The van der Waals surface area contributed by atoms with Crippen molar-refractivity contribution >= 4 is 56.8 Å². The average Bonchev–Trinajstić information content (AvgIpc) is 2.91. The maximum atomic E-state index is 8.02. The van der Waals surface area contributed by atoms with E-state index in [0.717, 1.165) is 23.5 Å². The molecule has 0 unspecified atom stereocenters. The number of rotatable bonds is 5. The number of amidine groups is 1. The Labute approximate surface area is 151 Å². The fourth-order valence-corrected chi connectivity index (χ4v) is 2.41. The molecule has 1 aromatic heterocycles. The molecule has 0 aliphatic heterocycles. The summed E-state index contributed by atoms with van der Waals surface area (Å²) in [6.45, 7) is 1.03. The van der Waals surface area contributed by atoms with Gasteiger partial charge in [0.15, 0.2) is 0 Å². The van der Waals surface area contributed by atoms with Crippen LogP contribution in [0.3, 0.4) is 0 Å². The van der Waals surface area contributed by atoms with Gasteiger partial charge in [-0.3, -0.25) is 5.41 Å². The summed E-state index contributed by atoms with van der Waals surface area (Å²) >= 11 is 1.57. The van der Waals surface area contributed by atoms with Gasteiger partial charge in [-0.15, -0.1) is 45.3 Å². The van der Waals surface area contributed by atoms with E-state index in [9.17, 15) is 0 Å². The molecule has 1 aromatic carbocycles. The molecule has 2 rings (SSSR count). The number of hydrogen-bond acceptors (Lipinski definition) is 3. The zero-order valence-electron chi connectivity index (χ0n) is 12.1. The maximum Gasteiger partial charge on any atom is 0.140 e. The van der Waals surface area contributed by atoms with Gasteiger partial charge in [-0.2, -0.15) is 0 Å². The molecule has 0 spiro atoms. The van der Waals surface area contributed by atoms with E-state index >= 15 is 0 Å². The molecule has 0 amide bonds. The van der Waals surface area contributed by atoms with Gasteiger partial charge in [-0.05, 0) is 49.7 Å². The van der Waals surface area contributed by atoms with Crippen LogP contribution in [0.15, 0.2) is 41.8 Å². The largest absolute Gasteiger partial charge is 0.340 e. The average molecular weight is 435 g/mol. The van der Waals surface area contributed by atoms with Gasteiger partial charge in [-0.25, -0.2) is 0 Å². The van der Waals surface area contributed by atoms with E-state index in [-0.39, 0.29) is 34.0 Å². The van der Waals surface area contributed by atoms with Crippen LogP contribution >= 0.6 is 45.3 Å². The minimum absolute atomic E-state index is 0. The van der Waals surface area contributed by atoms with Crippen LogP contribution < -0.4 is 5.32 Å². The zero-order valence-corrected chi connectivity index (χ0v) is 16.4. The van der Waals surface area contributed by atoms with Gasteiger partial charge in [0.1, 0.15) is 5.84 Å². The molecule has 0 fully saturated rings. The number of benzene rings is 1. The summed E-state index contributed by atoms with van der Waals surface area (Å²) < 4.78 is 0. The second kappa shape index (κ2) is 10.1. The van der Waals surface area contributed by atoms with Gasteiger partial charge in [0.25, 0.3) is 0 Å². The lowest BCUT2D eigenvalue weighted by Gasteiger charge is -2.11. The van der Waals surface area contributed by atoms with Crippen LogP contribution in [0.4, 0.5) is 5.69 Å². The lowest BCUT2D eigenvalue weighted by Crippen LogP contribution is -2.15. The number of anilines is 1. The first-order valence-electron chi connectivity index (χ1n) is 6.28. The van der Waals surface area contributed by atoms with E-state index in [1.807, 2.05) is 29.6 Å². The molecule has 2 aromatic rings. The van der Waals surface area contributed by atoms with Crippen LogP contribution in [-0.4, -0.2) is 31.4 Å². The smallest absolute Gasteiger partial charge is 0.140 e. The summed E-state index contributed by atoms with van der Waals surface area (Å²) in [6, 6.07) is 12.2. The van der Waals surface area contributed by atoms with Crippen molar-refractivity contribution < 1.29 is 0 Å². The highest BCUT2D eigenvalue weighted by molar-refractivity contribution is 8.93. The van der Waals surface area contributed by atoms with E-state index in [4.69, 9.17) is 5.41 Å². The van der Waals surface area contributed by atoms with Crippen molar-refractivity contribution in [3.8, 4) is 0 Å². The molecule has 0 saturated carbocycles. The van der Waals surface area contributed by atoms with Crippen molar-refractivity contribution in [2.45, 2.75) is 6.42 Å². The third-order valence-corrected chi connectivity index (χ3v) is 3.70. The molecule has 0 aliphatic rings. The van der Waals surface area contributed by atoms with Crippen LogP contribution in [0.25, 0.3) is 0 Å². The molecule has 3 nitrogen and oxygen atoms in total. The van der Waals surface area contributed by atoms with Gasteiger partial charge < -0.3 is 10.2 Å². The summed E-state index contributed by atoms with van der Waals surface area (Å²) in [7, 11) is 4.16. The number of thiophene rings is 1. The third-order valence-electron chi connectivity index (χ3n) is 2.81. The van der Waals surface area contributed by atoms with Crippen molar-refractivity contribution in [3.63, 3.8) is 0 Å². The number of likely N-dealkylation sites (N-methyl/N-ethyl adjacent to an activating group) is 1. The molecule has 0 atom stereocenters. The topological polar surface area (TPSA) is 39.1 Å². The SMILES string of the molecule is Br.Br.CN(C)CCc1cccc(NC(=N)c2cccs2)c1. The minimum Gasteiger partial charge on any atom is -0.340 e. The molecule has 0 aliphatic carbocycles. The highest BCUT2D eigenvalue weighted by Crippen LogP contribution is 2.15. The fourth-order valence-electron chi connectivity index (χ4n) is 1.78. The Bertz CT molecular complexity index is 542. The summed E-state index contributed by atoms with van der Waals surface area (Å²) in [5, 5.41) is 13.2. The Morgan fingerprint density at radius 2 is 1.95 bits per heavy atom. The monoisotopic (exact) mass is 433 g/mol. The van der Waals surface area contributed by atoms with Crippen molar-refractivity contribution in [2.75, 3.05) is 26.0 Å². The molecular weight excluding hydrogens is 414 g/mol. The molecule has 6 heteroatoms. The molecule has 116 valence electrons. The Morgan fingerprint density at radius 3 is 2.57 bits per heavy atom. The van der Waals surface area contributed by atoms with Gasteiger partial charge in [0.05, 0.1) is 4.88 Å². The van der Waals surface area contributed by atoms with Crippen molar-refractivity contribution in [3.05, 3.63) is 52.2 Å². The van der Waals surface area contributed by atoms with Gasteiger partial charge in [0, 0.05) is 12.2 Å². The van der Waals surface area contributed by atoms with E-state index in [0.29, 0.717) is 5.84 Å². The highest BCUT2D eigenvalue weighted by atomic mass is 79.9. The molecule has 0 saturated heterocycles. The van der Waals surface area contributed by atoms with E-state index in [1.54, 1.807) is 11.3 Å². The van der Waals surface area contributed by atoms with Crippen molar-refractivity contribution in [2.24, 2.45) is 0 Å². The second-order valence-electron chi connectivity index (χ2n) is 4.73. The highest BCUT2D eigenvalue weighted by Gasteiger charge is 2.03. The number of hydrogen-bond donors (Lipinski definition) is 2. The lowest BCUT2D eigenvalue weighted by atomic mass is 10.1. The minimum atomic E-state index is 0. The van der Waals surface area contributed by atoms with Crippen LogP contribution in [0.2, 0.25) is 0 Å². The quantitative estimate of drug-likeness (QED) is 0.539. The predicted octanol–water partition coefficient (Wildman–Crippen LogP) is 4.45. The molecule has 21 heavy (non-hydrogen) atoms. The predicted molar refractivity (Wildman–Crippen MR) is 104 cm³/mol. The normalized spacial score (nSPS) is 9.67. The Kier molecular flexibility index (Phi) is 9.77. The molecule has 0 radical (unpaired) electrons. The van der Waals surface area contributed by atoms with E-state index < -0.39 is 0 Å². The van der Waals surface area contributed by atoms with Gasteiger partial charge in [0.2, 0.25) is 0 Å². The molecule has 2 N–H and O–H groups in total. The summed E-state index contributed by atoms with van der Waals surface area (Å²) in [6.07, 6.45) is 1.02. The zero-order chi connectivity index (χ0) is 13.7. The number of nitrogens with one attached hydrogen (secondary N) is 2. The molecule has 0 bridgehead atoms. The summed E-state index contributed by atoms with van der Waals surface area (Å²) in [5.74, 6) is 0.458. The number of nitrogens with zero attached hydrogens (tertiary/aromatic N) is 1. The Hall–Kier alpha value is -0.690. The Balaban J connectivity index is 0.00000200. The van der Waals surface area contributed by atoms with Gasteiger partial charge in [-0.1, -0.05) is 18.2 Å². The van der Waals surface area contributed by atoms with Crippen LogP contribution in [0, 0.1) is 5.41 Å². The standard InChI is InChI=1S/C15H19N3S.2BrH/c1-18(2)9-8-12-5-3-6-13(11-12)17-15(16)14-7-4-10-19-14;;/h3-7,10-11H,8-9H2,1-2H3,(H2,16,17);2*1H. The first-order valence-corrected chi connectivity index (χ1v) is 7.16. The summed E-state index contributed by atoms with van der Waals surface area (Å²) in [5.41, 5.74) is 2.27. The summed E-state index contributed by atoms with van der Waals surface area (Å²) in [4.78, 5) is 3.13.